The van der Waals surface area contributed by atoms with Gasteiger partial charge in [-0.2, -0.15) is 0 Å². The van der Waals surface area contributed by atoms with Crippen LogP contribution in [0.4, 0.5) is 0 Å². The quantitative estimate of drug-likeness (QED) is 0.715. The predicted octanol–water partition coefficient (Wildman–Crippen LogP) is 1.66. The van der Waals surface area contributed by atoms with E-state index < -0.39 is 0 Å². The fourth-order valence-corrected chi connectivity index (χ4v) is 2.76. The van der Waals surface area contributed by atoms with Gasteiger partial charge in [-0.1, -0.05) is 13.8 Å². The van der Waals surface area contributed by atoms with E-state index in [1.54, 1.807) is 0 Å². The van der Waals surface area contributed by atoms with Crippen molar-refractivity contribution < 1.29 is 9.59 Å². The van der Waals surface area contributed by atoms with E-state index in [0.29, 0.717) is 25.3 Å². The van der Waals surface area contributed by atoms with Crippen LogP contribution in [0.2, 0.25) is 0 Å². The van der Waals surface area contributed by atoms with Crippen LogP contribution in [0.1, 0.15) is 58.8 Å². The normalized spacial score (nSPS) is 17.6. The molecule has 0 radical (unpaired) electrons. The fraction of sp³-hybridized carbons (Fsp3) is 0.875. The lowest BCUT2D eigenvalue weighted by Crippen LogP contribution is -2.46. The molecule has 122 valence electrons. The summed E-state index contributed by atoms with van der Waals surface area (Å²) in [5, 5.41) is 3.06. The molecule has 5 heteroatoms. The Labute approximate surface area is 128 Å². The average Bonchev–Trinajstić information content (AvgIpc) is 2.46. The topological polar surface area (TPSA) is 75.4 Å². The maximum absolute atomic E-state index is 12.1. The molecule has 0 aliphatic carbocycles. The summed E-state index contributed by atoms with van der Waals surface area (Å²) in [4.78, 5) is 25.7. The van der Waals surface area contributed by atoms with Gasteiger partial charge < -0.3 is 16.0 Å². The molecule has 1 saturated heterocycles. The number of nitrogens with one attached hydrogen (secondary N) is 1. The summed E-state index contributed by atoms with van der Waals surface area (Å²) in [6, 6.07) is 0.240. The van der Waals surface area contributed by atoms with Crippen molar-refractivity contribution in [3.8, 4) is 0 Å². The van der Waals surface area contributed by atoms with E-state index >= 15 is 0 Å². The Hall–Kier alpha value is -1.10. The molecule has 3 N–H and O–H groups in total. The van der Waals surface area contributed by atoms with E-state index in [0.717, 1.165) is 45.2 Å². The zero-order valence-corrected chi connectivity index (χ0v) is 13.6. The summed E-state index contributed by atoms with van der Waals surface area (Å²) in [5.74, 6) is 0.903. The molecule has 0 spiro atoms. The molecule has 0 aromatic rings. The molecule has 1 aliphatic rings. The molecule has 1 atom stereocenters. The molecular formula is C16H31N3O2. The molecule has 21 heavy (non-hydrogen) atoms. The summed E-state index contributed by atoms with van der Waals surface area (Å²) >= 11 is 0. The minimum absolute atomic E-state index is 0.137. The van der Waals surface area contributed by atoms with Crippen LogP contribution in [0.25, 0.3) is 0 Å². The number of piperidine rings is 1. The molecule has 1 unspecified atom stereocenters. The number of likely N-dealkylation sites (tertiary alicyclic amines) is 1. The van der Waals surface area contributed by atoms with Gasteiger partial charge in [-0.15, -0.1) is 0 Å². The average molecular weight is 297 g/mol. The molecule has 0 aromatic carbocycles. The van der Waals surface area contributed by atoms with Gasteiger partial charge in [0.05, 0.1) is 0 Å². The molecule has 5 nitrogen and oxygen atoms in total. The highest BCUT2D eigenvalue weighted by Gasteiger charge is 2.23. The zero-order valence-electron chi connectivity index (χ0n) is 13.6. The van der Waals surface area contributed by atoms with E-state index in [9.17, 15) is 9.59 Å². The van der Waals surface area contributed by atoms with Gasteiger partial charge in [0.25, 0.3) is 0 Å². The Morgan fingerprint density at radius 3 is 2.48 bits per heavy atom. The molecule has 1 heterocycles. The van der Waals surface area contributed by atoms with Gasteiger partial charge >= 0.3 is 0 Å². The lowest BCUT2D eigenvalue weighted by Gasteiger charge is -2.32. The van der Waals surface area contributed by atoms with Crippen molar-refractivity contribution in [2.24, 2.45) is 11.7 Å². The predicted molar refractivity (Wildman–Crippen MR) is 84.7 cm³/mol. The molecule has 1 fully saturated rings. The summed E-state index contributed by atoms with van der Waals surface area (Å²) < 4.78 is 0. The first-order chi connectivity index (χ1) is 10.1. The molecular weight excluding hydrogens is 266 g/mol. The van der Waals surface area contributed by atoms with Crippen molar-refractivity contribution in [3.63, 3.8) is 0 Å². The first-order valence-corrected chi connectivity index (χ1v) is 8.34. The van der Waals surface area contributed by atoms with Crippen molar-refractivity contribution >= 4 is 11.8 Å². The van der Waals surface area contributed by atoms with Crippen LogP contribution in [-0.4, -0.2) is 42.4 Å². The van der Waals surface area contributed by atoms with Crippen LogP contribution in [-0.2, 0) is 9.59 Å². The Balaban J connectivity index is 2.22. The van der Waals surface area contributed by atoms with Crippen LogP contribution in [0.5, 0.6) is 0 Å². The van der Waals surface area contributed by atoms with Gasteiger partial charge in [-0.05, 0) is 44.6 Å². The van der Waals surface area contributed by atoms with Crippen molar-refractivity contribution in [3.05, 3.63) is 0 Å². The van der Waals surface area contributed by atoms with Gasteiger partial charge in [0.1, 0.15) is 0 Å². The van der Waals surface area contributed by atoms with Gasteiger partial charge in [0.15, 0.2) is 0 Å². The van der Waals surface area contributed by atoms with Crippen molar-refractivity contribution in [1.29, 1.82) is 0 Å². The van der Waals surface area contributed by atoms with E-state index in [2.05, 4.69) is 12.2 Å². The van der Waals surface area contributed by atoms with E-state index in [-0.39, 0.29) is 17.9 Å². The third-order valence-electron chi connectivity index (χ3n) is 4.20. The second kappa shape index (κ2) is 9.77. The smallest absolute Gasteiger partial charge is 0.222 e. The second-order valence-corrected chi connectivity index (χ2v) is 6.19. The summed E-state index contributed by atoms with van der Waals surface area (Å²) in [7, 11) is 0. The van der Waals surface area contributed by atoms with Crippen molar-refractivity contribution in [2.75, 3.05) is 19.6 Å². The Morgan fingerprint density at radius 2 is 1.90 bits per heavy atom. The first kappa shape index (κ1) is 18.0. The number of amides is 2. The highest BCUT2D eigenvalue weighted by Crippen LogP contribution is 2.15. The van der Waals surface area contributed by atoms with Crippen LogP contribution in [0.3, 0.4) is 0 Å². The maximum atomic E-state index is 12.1. The number of hydrogen-bond donors (Lipinski definition) is 2. The fourth-order valence-electron chi connectivity index (χ4n) is 2.76. The summed E-state index contributed by atoms with van der Waals surface area (Å²) in [6.45, 7) is 6.38. The Morgan fingerprint density at radius 1 is 1.24 bits per heavy atom. The number of hydrogen-bond acceptors (Lipinski definition) is 3. The minimum Gasteiger partial charge on any atom is -0.353 e. The summed E-state index contributed by atoms with van der Waals surface area (Å²) in [6.07, 6.45) is 5.75. The molecule has 2 amide bonds. The number of nitrogens with zero attached hydrogens (tertiary/aromatic N) is 1. The molecule has 1 aliphatic heterocycles. The summed E-state index contributed by atoms with van der Waals surface area (Å²) in [5.41, 5.74) is 5.53. The minimum atomic E-state index is 0.137. The van der Waals surface area contributed by atoms with Crippen LogP contribution in [0, 0.1) is 5.92 Å². The van der Waals surface area contributed by atoms with E-state index in [4.69, 9.17) is 5.73 Å². The van der Waals surface area contributed by atoms with Crippen LogP contribution in [0.15, 0.2) is 0 Å². The standard InChI is InChI=1S/C16H31N3O2/c1-3-4-15(20)18-14-8-11-19(12-9-14)16(21)6-5-13(2)7-10-17/h13-14H,3-12,17H2,1-2H3,(H,18,20). The second-order valence-electron chi connectivity index (χ2n) is 6.19. The van der Waals surface area contributed by atoms with Crippen LogP contribution >= 0.6 is 0 Å². The third-order valence-corrected chi connectivity index (χ3v) is 4.20. The van der Waals surface area contributed by atoms with Crippen molar-refractivity contribution in [1.82, 2.24) is 10.2 Å². The monoisotopic (exact) mass is 297 g/mol. The lowest BCUT2D eigenvalue weighted by atomic mass is 10.00. The first-order valence-electron chi connectivity index (χ1n) is 8.34. The lowest BCUT2D eigenvalue weighted by molar-refractivity contribution is -0.132. The maximum Gasteiger partial charge on any atom is 0.222 e. The number of carbonyl (C=O) groups excluding carboxylic acids is 2. The van der Waals surface area contributed by atoms with Gasteiger partial charge in [-0.25, -0.2) is 0 Å². The number of carbonyl (C=O) groups is 2. The largest absolute Gasteiger partial charge is 0.353 e. The van der Waals surface area contributed by atoms with E-state index in [1.165, 1.54) is 0 Å². The molecule has 0 aromatic heterocycles. The highest BCUT2D eigenvalue weighted by atomic mass is 16.2. The van der Waals surface area contributed by atoms with Gasteiger partial charge in [0, 0.05) is 32.0 Å². The SMILES string of the molecule is CCCC(=O)NC1CCN(C(=O)CCC(C)CCN)CC1. The zero-order chi connectivity index (χ0) is 15.7. The molecule has 1 rings (SSSR count). The highest BCUT2D eigenvalue weighted by molar-refractivity contribution is 5.77. The van der Waals surface area contributed by atoms with Gasteiger partial charge in [-0.3, -0.25) is 9.59 Å². The van der Waals surface area contributed by atoms with Gasteiger partial charge in [0.2, 0.25) is 11.8 Å². The number of nitrogens with two attached hydrogens (primary N) is 1. The Kier molecular flexibility index (Phi) is 8.35. The molecule has 0 saturated carbocycles. The van der Waals surface area contributed by atoms with Crippen LogP contribution < -0.4 is 11.1 Å². The van der Waals surface area contributed by atoms with E-state index in [1.807, 2.05) is 11.8 Å². The third kappa shape index (κ3) is 6.93. The Bertz CT molecular complexity index is 325. The molecule has 0 bridgehead atoms. The number of rotatable bonds is 8. The van der Waals surface area contributed by atoms with Crippen molar-refractivity contribution in [2.45, 2.75) is 64.8 Å².